The van der Waals surface area contributed by atoms with Crippen LogP contribution in [0.4, 0.5) is 0 Å². The summed E-state index contributed by atoms with van der Waals surface area (Å²) in [6, 6.07) is 0. The van der Waals surface area contributed by atoms with Crippen LogP contribution in [-0.2, 0) is 0 Å². The molecule has 0 saturated carbocycles. The summed E-state index contributed by atoms with van der Waals surface area (Å²) in [6.07, 6.45) is 57.5. The average Bonchev–Trinajstić information content (AvgIpc) is 3.21. The molecule has 252 valence electrons. The third-order valence-electron chi connectivity index (χ3n) is 12.2. The van der Waals surface area contributed by atoms with Crippen LogP contribution in [0.3, 0.4) is 0 Å². The zero-order chi connectivity index (χ0) is 33.3. The van der Waals surface area contributed by atoms with Crippen molar-refractivity contribution in [3.05, 3.63) is 160 Å². The Balaban J connectivity index is 1.17. The Morgan fingerprint density at radius 3 is 2.22 bits per heavy atom. The third-order valence-corrected chi connectivity index (χ3v) is 12.2. The highest BCUT2D eigenvalue weighted by Gasteiger charge is 2.38. The van der Waals surface area contributed by atoms with E-state index in [9.17, 15) is 0 Å². The summed E-state index contributed by atoms with van der Waals surface area (Å²) in [4.78, 5) is 15.7. The Morgan fingerprint density at radius 1 is 0.580 bits per heavy atom. The first kappa shape index (κ1) is 31.6. The maximum atomic E-state index is 5.31. The lowest BCUT2D eigenvalue weighted by Crippen LogP contribution is -2.28. The van der Waals surface area contributed by atoms with Crippen LogP contribution in [0.2, 0.25) is 0 Å². The van der Waals surface area contributed by atoms with Gasteiger partial charge in [0, 0.05) is 23.3 Å². The van der Waals surface area contributed by atoms with E-state index in [4.69, 9.17) is 15.0 Å². The summed E-state index contributed by atoms with van der Waals surface area (Å²) in [5.41, 5.74) is 11.7. The first-order chi connectivity index (χ1) is 24.8. The van der Waals surface area contributed by atoms with Crippen LogP contribution in [-0.4, -0.2) is 15.0 Å². The van der Waals surface area contributed by atoms with E-state index in [0.29, 0.717) is 23.7 Å². The molecule has 5 unspecified atom stereocenters. The second kappa shape index (κ2) is 14.1. The molecule has 8 aliphatic carbocycles. The van der Waals surface area contributed by atoms with Crippen molar-refractivity contribution in [3.63, 3.8) is 0 Å². The fraction of sp³-hybridized carbons (Fsp3) is 0.383. The van der Waals surface area contributed by atoms with Gasteiger partial charge in [-0.2, -0.15) is 0 Å². The lowest BCUT2D eigenvalue weighted by Gasteiger charge is -2.40. The summed E-state index contributed by atoms with van der Waals surface area (Å²) in [6.45, 7) is 0. The highest BCUT2D eigenvalue weighted by Crippen LogP contribution is 2.51. The van der Waals surface area contributed by atoms with Gasteiger partial charge in [-0.3, -0.25) is 0 Å². The van der Waals surface area contributed by atoms with Crippen LogP contribution in [0.15, 0.2) is 143 Å². The van der Waals surface area contributed by atoms with Gasteiger partial charge in [-0.05, 0) is 134 Å². The number of hydrogen-bond donors (Lipinski definition) is 0. The van der Waals surface area contributed by atoms with Crippen molar-refractivity contribution in [2.75, 3.05) is 0 Å². The number of allylic oxidation sites excluding steroid dienone is 26. The van der Waals surface area contributed by atoms with Crippen molar-refractivity contribution in [3.8, 4) is 0 Å². The van der Waals surface area contributed by atoms with Crippen molar-refractivity contribution in [1.29, 1.82) is 0 Å². The minimum absolute atomic E-state index is 0.254. The molecule has 1 aromatic heterocycles. The number of nitrogens with zero attached hydrogens (tertiary/aromatic N) is 3. The summed E-state index contributed by atoms with van der Waals surface area (Å²) < 4.78 is 0. The van der Waals surface area contributed by atoms with E-state index in [1.807, 2.05) is 0 Å². The molecule has 0 spiro atoms. The SMILES string of the molecule is C1=CC2C=CC3=C(C=CCC3C3CC(c4nc(C5=CCCC=C5)nc(C5C=CCCC5)n4)=CC=C3C3=C(C4=CCCC=C4)CCCC3)C2C=C1. The minimum Gasteiger partial charge on any atom is -0.213 e. The maximum Gasteiger partial charge on any atom is 0.163 e. The van der Waals surface area contributed by atoms with Crippen LogP contribution >= 0.6 is 0 Å². The number of aromatic nitrogens is 3. The second-order valence-corrected chi connectivity index (χ2v) is 15.3. The number of hydrogen-bond acceptors (Lipinski definition) is 3. The first-order valence-electron chi connectivity index (χ1n) is 19.5. The fourth-order valence-electron chi connectivity index (χ4n) is 9.61. The average molecular weight is 656 g/mol. The van der Waals surface area contributed by atoms with Gasteiger partial charge >= 0.3 is 0 Å². The molecular formula is C47H49N3. The van der Waals surface area contributed by atoms with Gasteiger partial charge in [-0.15, -0.1) is 0 Å². The van der Waals surface area contributed by atoms with Crippen LogP contribution in [0, 0.1) is 23.7 Å². The largest absolute Gasteiger partial charge is 0.213 e. The van der Waals surface area contributed by atoms with Crippen LogP contribution in [0.5, 0.6) is 0 Å². The van der Waals surface area contributed by atoms with Crippen LogP contribution in [0.1, 0.15) is 107 Å². The summed E-state index contributed by atoms with van der Waals surface area (Å²) in [5, 5.41) is 0. The molecule has 3 nitrogen and oxygen atoms in total. The van der Waals surface area contributed by atoms with E-state index in [2.05, 4.69) is 109 Å². The van der Waals surface area contributed by atoms with Crippen LogP contribution < -0.4 is 0 Å². The van der Waals surface area contributed by atoms with Crippen molar-refractivity contribution in [1.82, 2.24) is 15.0 Å². The predicted molar refractivity (Wildman–Crippen MR) is 207 cm³/mol. The number of fused-ring (bicyclic) bond motifs is 2. The van der Waals surface area contributed by atoms with Gasteiger partial charge in [-0.25, -0.2) is 15.0 Å². The number of rotatable bonds is 6. The summed E-state index contributed by atoms with van der Waals surface area (Å²) in [7, 11) is 0. The standard InChI is InChI=1S/C47H49N3/c1-4-15-32(16-5-1)37-23-12-13-24-39(37)43-30-28-36(31-44(43)41-26-14-25-40-38-22-11-10-17-33(38)27-29-42(40)41)47-49-45(34-18-6-2-7-19-34)48-46(50-47)35-20-8-3-9-21-35/h4,6,8,10-11,14-20,22,25,27-30,33,35,38,41,44H,1-3,5,7,9,12-13,21,23-24,26,31H2. The molecule has 0 aliphatic heterocycles. The molecule has 0 amide bonds. The van der Waals surface area contributed by atoms with E-state index in [1.54, 1.807) is 22.3 Å². The van der Waals surface area contributed by atoms with E-state index in [-0.39, 0.29) is 5.92 Å². The van der Waals surface area contributed by atoms with E-state index in [1.165, 1.54) is 48.8 Å². The van der Waals surface area contributed by atoms with Gasteiger partial charge in [-0.1, -0.05) is 109 Å². The molecular weight excluding hydrogens is 607 g/mol. The summed E-state index contributed by atoms with van der Waals surface area (Å²) in [5.74, 6) is 4.56. The maximum absolute atomic E-state index is 5.31. The quantitative estimate of drug-likeness (QED) is 0.286. The van der Waals surface area contributed by atoms with E-state index < -0.39 is 0 Å². The van der Waals surface area contributed by atoms with E-state index in [0.717, 1.165) is 74.4 Å². The minimum atomic E-state index is 0.254. The molecule has 1 heterocycles. The Morgan fingerprint density at radius 2 is 1.40 bits per heavy atom. The second-order valence-electron chi connectivity index (χ2n) is 15.3. The van der Waals surface area contributed by atoms with Gasteiger partial charge < -0.3 is 0 Å². The predicted octanol–water partition coefficient (Wildman–Crippen LogP) is 11.7. The Labute approximate surface area is 298 Å². The van der Waals surface area contributed by atoms with Gasteiger partial charge in [0.25, 0.3) is 0 Å². The monoisotopic (exact) mass is 655 g/mol. The highest BCUT2D eigenvalue weighted by molar-refractivity contribution is 5.73. The molecule has 0 N–H and O–H groups in total. The van der Waals surface area contributed by atoms with Crippen molar-refractivity contribution >= 4 is 11.1 Å². The Bertz CT molecular complexity index is 1960. The van der Waals surface area contributed by atoms with Crippen molar-refractivity contribution in [2.45, 2.75) is 89.4 Å². The van der Waals surface area contributed by atoms with Crippen LogP contribution in [0.25, 0.3) is 11.1 Å². The summed E-state index contributed by atoms with van der Waals surface area (Å²) >= 11 is 0. The lowest BCUT2D eigenvalue weighted by atomic mass is 9.64. The molecule has 0 saturated heterocycles. The zero-order valence-electron chi connectivity index (χ0n) is 29.3. The Kier molecular flexibility index (Phi) is 8.91. The molecule has 3 heteroatoms. The molecule has 0 radical (unpaired) electrons. The molecule has 9 rings (SSSR count). The Hall–Kier alpha value is -4.37. The fourth-order valence-corrected chi connectivity index (χ4v) is 9.61. The van der Waals surface area contributed by atoms with Crippen molar-refractivity contribution < 1.29 is 0 Å². The topological polar surface area (TPSA) is 38.7 Å². The van der Waals surface area contributed by atoms with Gasteiger partial charge in [0.1, 0.15) is 5.82 Å². The zero-order valence-corrected chi connectivity index (χ0v) is 29.3. The van der Waals surface area contributed by atoms with Gasteiger partial charge in [0.05, 0.1) is 0 Å². The molecule has 0 bridgehead atoms. The smallest absolute Gasteiger partial charge is 0.163 e. The highest BCUT2D eigenvalue weighted by atomic mass is 15.0. The first-order valence-corrected chi connectivity index (χ1v) is 19.5. The molecule has 8 aliphatic rings. The van der Waals surface area contributed by atoms with E-state index >= 15 is 0 Å². The molecule has 0 aromatic carbocycles. The molecule has 5 atom stereocenters. The molecule has 50 heavy (non-hydrogen) atoms. The molecule has 0 fully saturated rings. The molecule has 1 aromatic rings. The lowest BCUT2D eigenvalue weighted by molar-refractivity contribution is 0.429. The normalized spacial score (nSPS) is 30.1. The van der Waals surface area contributed by atoms with Crippen molar-refractivity contribution in [2.24, 2.45) is 23.7 Å². The van der Waals surface area contributed by atoms with Gasteiger partial charge in [0.15, 0.2) is 11.6 Å². The van der Waals surface area contributed by atoms with Gasteiger partial charge in [0.2, 0.25) is 0 Å². The third kappa shape index (κ3) is 6.14.